The van der Waals surface area contributed by atoms with Crippen molar-refractivity contribution < 1.29 is 14.0 Å². The van der Waals surface area contributed by atoms with E-state index in [2.05, 4.69) is 15.8 Å². The Kier molecular flexibility index (Phi) is 5.21. The molecule has 22 heavy (non-hydrogen) atoms. The minimum absolute atomic E-state index is 0.373. The van der Waals surface area contributed by atoms with E-state index in [9.17, 15) is 14.0 Å². The number of carbonyl (C=O) groups is 2. The number of hydrogen-bond acceptors (Lipinski definition) is 3. The zero-order valence-electron chi connectivity index (χ0n) is 11.2. The largest absolute Gasteiger partial charge is 0.329 e. The number of nitrogens with zero attached hydrogens (tertiary/aromatic N) is 1. The lowest BCUT2D eigenvalue weighted by atomic mass is 10.2. The van der Waals surface area contributed by atoms with Crippen LogP contribution in [0.5, 0.6) is 0 Å². The molecule has 2 aromatic rings. The summed E-state index contributed by atoms with van der Waals surface area (Å²) in [6, 6.07) is 11.9. The number of hydrogen-bond donors (Lipinski definition) is 2. The van der Waals surface area contributed by atoms with Crippen LogP contribution in [-0.4, -0.2) is 18.0 Å². The minimum atomic E-state index is -0.932. The molecule has 0 bridgehead atoms. The molecule has 0 radical (unpaired) electrons. The van der Waals surface area contributed by atoms with E-state index < -0.39 is 11.8 Å². The third-order valence-electron chi connectivity index (χ3n) is 2.54. The molecular formula is C15H11ClFN3O2. The molecule has 0 fully saturated rings. The van der Waals surface area contributed by atoms with Gasteiger partial charge < -0.3 is 5.32 Å². The zero-order valence-corrected chi connectivity index (χ0v) is 12.0. The van der Waals surface area contributed by atoms with Crippen LogP contribution in [0.4, 0.5) is 10.1 Å². The maximum absolute atomic E-state index is 12.7. The van der Waals surface area contributed by atoms with Gasteiger partial charge in [0.2, 0.25) is 0 Å². The van der Waals surface area contributed by atoms with E-state index in [1.807, 2.05) is 0 Å². The number of amides is 2. The van der Waals surface area contributed by atoms with Crippen molar-refractivity contribution in [3.63, 3.8) is 0 Å². The van der Waals surface area contributed by atoms with Crippen LogP contribution in [0.1, 0.15) is 5.56 Å². The van der Waals surface area contributed by atoms with Gasteiger partial charge in [0.05, 0.1) is 6.21 Å². The first-order chi connectivity index (χ1) is 10.5. The molecule has 2 amide bonds. The fourth-order valence-electron chi connectivity index (χ4n) is 1.52. The van der Waals surface area contributed by atoms with Crippen molar-refractivity contribution >= 4 is 35.3 Å². The Morgan fingerprint density at radius 3 is 2.50 bits per heavy atom. The Morgan fingerprint density at radius 1 is 1.09 bits per heavy atom. The molecule has 5 nitrogen and oxygen atoms in total. The molecule has 0 spiro atoms. The van der Waals surface area contributed by atoms with Gasteiger partial charge in [-0.15, -0.1) is 0 Å². The van der Waals surface area contributed by atoms with Gasteiger partial charge in [-0.2, -0.15) is 5.10 Å². The summed E-state index contributed by atoms with van der Waals surface area (Å²) in [5, 5.41) is 6.43. The van der Waals surface area contributed by atoms with Crippen LogP contribution in [-0.2, 0) is 9.59 Å². The Morgan fingerprint density at radius 2 is 1.82 bits per heavy atom. The molecule has 0 aromatic heterocycles. The summed E-state index contributed by atoms with van der Waals surface area (Å²) in [4.78, 5) is 23.2. The lowest BCUT2D eigenvalue weighted by Gasteiger charge is -2.03. The molecular weight excluding hydrogens is 309 g/mol. The molecule has 0 saturated heterocycles. The van der Waals surface area contributed by atoms with Gasteiger partial charge in [0.15, 0.2) is 0 Å². The average Bonchev–Trinajstić information content (AvgIpc) is 2.49. The number of halogens is 2. The first-order valence-electron chi connectivity index (χ1n) is 6.20. The van der Waals surface area contributed by atoms with Crippen LogP contribution < -0.4 is 10.7 Å². The van der Waals surface area contributed by atoms with Crippen molar-refractivity contribution in [3.05, 3.63) is 64.9 Å². The number of nitrogens with one attached hydrogen (secondary N) is 2. The maximum Gasteiger partial charge on any atom is 0.329 e. The second-order valence-electron chi connectivity index (χ2n) is 4.22. The van der Waals surface area contributed by atoms with E-state index in [-0.39, 0.29) is 5.82 Å². The minimum Gasteiger partial charge on any atom is -0.318 e. The second kappa shape index (κ2) is 7.33. The molecule has 0 unspecified atom stereocenters. The normalized spacial score (nSPS) is 10.5. The fourth-order valence-corrected chi connectivity index (χ4v) is 1.71. The van der Waals surface area contributed by atoms with Crippen LogP contribution >= 0.6 is 11.6 Å². The lowest BCUT2D eigenvalue weighted by Crippen LogP contribution is -2.32. The van der Waals surface area contributed by atoms with Crippen LogP contribution in [0.3, 0.4) is 0 Å². The van der Waals surface area contributed by atoms with Crippen LogP contribution in [0.2, 0.25) is 5.02 Å². The highest BCUT2D eigenvalue weighted by atomic mass is 35.5. The van der Waals surface area contributed by atoms with E-state index in [1.165, 1.54) is 36.5 Å². The molecule has 0 saturated carbocycles. The van der Waals surface area contributed by atoms with E-state index >= 15 is 0 Å². The fraction of sp³-hybridized carbons (Fsp3) is 0. The van der Waals surface area contributed by atoms with Gasteiger partial charge in [0.1, 0.15) is 5.82 Å². The van der Waals surface area contributed by atoms with Crippen molar-refractivity contribution in [2.75, 3.05) is 5.32 Å². The van der Waals surface area contributed by atoms with Gasteiger partial charge >= 0.3 is 11.8 Å². The van der Waals surface area contributed by atoms with Gasteiger partial charge in [-0.1, -0.05) is 29.8 Å². The van der Waals surface area contributed by atoms with Crippen molar-refractivity contribution in [1.82, 2.24) is 5.43 Å². The van der Waals surface area contributed by atoms with Crippen molar-refractivity contribution in [3.8, 4) is 0 Å². The number of benzene rings is 2. The van der Waals surface area contributed by atoms with E-state index in [4.69, 9.17) is 11.6 Å². The number of rotatable bonds is 3. The SMILES string of the molecule is O=C(N/N=C\c1ccc(F)cc1)C(=O)Nc1cccc(Cl)c1. The van der Waals surface area contributed by atoms with E-state index in [0.717, 1.165) is 0 Å². The Hall–Kier alpha value is -2.73. The molecule has 0 heterocycles. The molecule has 0 aliphatic heterocycles. The lowest BCUT2D eigenvalue weighted by molar-refractivity contribution is -0.136. The molecule has 0 aliphatic rings. The number of carbonyl (C=O) groups excluding carboxylic acids is 2. The van der Waals surface area contributed by atoms with E-state index in [0.29, 0.717) is 16.3 Å². The highest BCUT2D eigenvalue weighted by Gasteiger charge is 2.12. The number of hydrazone groups is 1. The molecule has 0 atom stereocenters. The Balaban J connectivity index is 1.89. The monoisotopic (exact) mass is 319 g/mol. The third-order valence-corrected chi connectivity index (χ3v) is 2.77. The molecule has 2 aromatic carbocycles. The standard InChI is InChI=1S/C15H11ClFN3O2/c16-11-2-1-3-13(8-11)19-14(21)15(22)20-18-9-10-4-6-12(17)7-5-10/h1-9H,(H,19,21)(H,20,22)/b18-9-. The predicted molar refractivity (Wildman–Crippen MR) is 82.2 cm³/mol. The van der Waals surface area contributed by atoms with Crippen LogP contribution in [0.25, 0.3) is 0 Å². The van der Waals surface area contributed by atoms with Gasteiger partial charge in [0, 0.05) is 10.7 Å². The van der Waals surface area contributed by atoms with Gasteiger partial charge in [0.25, 0.3) is 0 Å². The highest BCUT2D eigenvalue weighted by Crippen LogP contribution is 2.14. The second-order valence-corrected chi connectivity index (χ2v) is 4.65. The summed E-state index contributed by atoms with van der Waals surface area (Å²) >= 11 is 5.77. The summed E-state index contributed by atoms with van der Waals surface area (Å²) in [5.41, 5.74) is 3.05. The van der Waals surface area contributed by atoms with E-state index in [1.54, 1.807) is 18.2 Å². The predicted octanol–water partition coefficient (Wildman–Crippen LogP) is 2.57. The van der Waals surface area contributed by atoms with Gasteiger partial charge in [-0.3, -0.25) is 9.59 Å². The third kappa shape index (κ3) is 4.68. The van der Waals surface area contributed by atoms with Crippen molar-refractivity contribution in [2.24, 2.45) is 5.10 Å². The summed E-state index contributed by atoms with van der Waals surface area (Å²) in [7, 11) is 0. The highest BCUT2D eigenvalue weighted by molar-refractivity contribution is 6.39. The maximum atomic E-state index is 12.7. The first-order valence-corrected chi connectivity index (χ1v) is 6.58. The zero-order chi connectivity index (χ0) is 15.9. The Labute approximate surface area is 130 Å². The van der Waals surface area contributed by atoms with Gasteiger partial charge in [-0.25, -0.2) is 9.82 Å². The van der Waals surface area contributed by atoms with Crippen LogP contribution in [0.15, 0.2) is 53.6 Å². The molecule has 2 N–H and O–H groups in total. The molecule has 0 aliphatic carbocycles. The number of anilines is 1. The van der Waals surface area contributed by atoms with Crippen LogP contribution in [0, 0.1) is 5.82 Å². The summed E-state index contributed by atoms with van der Waals surface area (Å²) < 4.78 is 12.7. The summed E-state index contributed by atoms with van der Waals surface area (Å²) in [5.74, 6) is -2.18. The Bertz CT molecular complexity index is 717. The quantitative estimate of drug-likeness (QED) is 0.518. The molecule has 112 valence electrons. The topological polar surface area (TPSA) is 70.6 Å². The first kappa shape index (κ1) is 15.7. The summed E-state index contributed by atoms with van der Waals surface area (Å²) in [6.07, 6.45) is 1.30. The average molecular weight is 320 g/mol. The van der Waals surface area contributed by atoms with Crippen molar-refractivity contribution in [1.29, 1.82) is 0 Å². The van der Waals surface area contributed by atoms with Crippen molar-refractivity contribution in [2.45, 2.75) is 0 Å². The molecule has 2 rings (SSSR count). The van der Waals surface area contributed by atoms with Gasteiger partial charge in [-0.05, 0) is 35.9 Å². The smallest absolute Gasteiger partial charge is 0.318 e. The molecule has 7 heteroatoms. The summed E-state index contributed by atoms with van der Waals surface area (Å²) in [6.45, 7) is 0.